The third-order valence-corrected chi connectivity index (χ3v) is 4.32. The third kappa shape index (κ3) is 3.60. The summed E-state index contributed by atoms with van der Waals surface area (Å²) in [4.78, 5) is -0.423. The van der Waals surface area contributed by atoms with Crippen LogP contribution >= 0.6 is 34.2 Å². The zero-order valence-corrected chi connectivity index (χ0v) is 13.5. The second-order valence-electron chi connectivity index (χ2n) is 3.86. The average Bonchev–Trinajstić information content (AvgIpc) is 2.31. The van der Waals surface area contributed by atoms with Crippen LogP contribution in [0.15, 0.2) is 41.3 Å². The highest BCUT2D eigenvalue weighted by atomic mass is 127. The minimum atomic E-state index is -4.47. The van der Waals surface area contributed by atoms with Crippen molar-refractivity contribution in [3.05, 3.63) is 50.8 Å². The summed E-state index contributed by atoms with van der Waals surface area (Å²) in [6.07, 6.45) is 0. The minimum Gasteiger partial charge on any atom is -0.353 e. The van der Waals surface area contributed by atoms with Gasteiger partial charge < -0.3 is 5.32 Å². The van der Waals surface area contributed by atoms with Gasteiger partial charge >= 0.3 is 0 Å². The molecule has 2 rings (SSSR count). The molecule has 0 atom stereocenters. The van der Waals surface area contributed by atoms with E-state index in [1.807, 2.05) is 0 Å². The molecule has 0 aromatic heterocycles. The van der Waals surface area contributed by atoms with E-state index in [2.05, 4.69) is 27.9 Å². The minimum absolute atomic E-state index is 0.0874. The zero-order valence-electron chi connectivity index (χ0n) is 9.77. The highest BCUT2D eigenvalue weighted by Crippen LogP contribution is 2.30. The molecule has 20 heavy (non-hydrogen) atoms. The van der Waals surface area contributed by atoms with Crippen LogP contribution in [0.4, 0.5) is 15.8 Å². The number of hydrogen-bond acceptors (Lipinski definition) is 3. The molecule has 0 aliphatic rings. The van der Waals surface area contributed by atoms with Gasteiger partial charge in [0.15, 0.2) is 0 Å². The first-order chi connectivity index (χ1) is 9.27. The van der Waals surface area contributed by atoms with Gasteiger partial charge in [-0.1, -0.05) is 11.6 Å². The lowest BCUT2D eigenvalue weighted by molar-refractivity contribution is 0.483. The van der Waals surface area contributed by atoms with Crippen molar-refractivity contribution < 1.29 is 17.4 Å². The molecule has 2 aromatic carbocycles. The maximum absolute atomic E-state index is 13.3. The summed E-state index contributed by atoms with van der Waals surface area (Å²) >= 11 is 8.08. The van der Waals surface area contributed by atoms with Crippen LogP contribution < -0.4 is 5.32 Å². The van der Waals surface area contributed by atoms with Crippen molar-refractivity contribution in [2.75, 3.05) is 5.32 Å². The molecule has 0 radical (unpaired) electrons. The first-order valence-electron chi connectivity index (χ1n) is 5.26. The standard InChI is InChI=1S/C12H8ClFINO3S/c13-9-6-8(15)2-3-10(9)16-11-5-7(14)1-4-12(11)20(17,18)19/h1-6,16H,(H,17,18,19). The van der Waals surface area contributed by atoms with Gasteiger partial charge in [0.1, 0.15) is 10.7 Å². The summed E-state index contributed by atoms with van der Waals surface area (Å²) < 4.78 is 45.8. The second kappa shape index (κ2) is 5.84. The van der Waals surface area contributed by atoms with Gasteiger partial charge in [0.25, 0.3) is 10.1 Å². The molecule has 0 unspecified atom stereocenters. The van der Waals surface area contributed by atoms with Crippen LogP contribution in [0.1, 0.15) is 0 Å². The van der Waals surface area contributed by atoms with Crippen LogP contribution in [0.25, 0.3) is 0 Å². The maximum atomic E-state index is 13.3. The van der Waals surface area contributed by atoms with E-state index >= 15 is 0 Å². The van der Waals surface area contributed by atoms with E-state index in [0.29, 0.717) is 10.7 Å². The molecule has 0 fully saturated rings. The average molecular weight is 428 g/mol. The third-order valence-electron chi connectivity index (χ3n) is 2.42. The fraction of sp³-hybridized carbons (Fsp3) is 0. The first-order valence-corrected chi connectivity index (χ1v) is 8.16. The van der Waals surface area contributed by atoms with Crippen molar-refractivity contribution >= 4 is 55.7 Å². The van der Waals surface area contributed by atoms with Crippen molar-refractivity contribution in [3.63, 3.8) is 0 Å². The van der Waals surface area contributed by atoms with Crippen molar-refractivity contribution in [2.24, 2.45) is 0 Å². The Bertz CT molecular complexity index is 767. The molecule has 0 bridgehead atoms. The Kier molecular flexibility index (Phi) is 4.52. The smallest absolute Gasteiger partial charge is 0.296 e. The fourth-order valence-corrected chi connectivity index (χ4v) is 3.09. The molecule has 0 heterocycles. The molecule has 2 aromatic rings. The Hall–Kier alpha value is -0.900. The van der Waals surface area contributed by atoms with Crippen LogP contribution in [0.2, 0.25) is 5.02 Å². The normalized spacial score (nSPS) is 11.4. The fourth-order valence-electron chi connectivity index (χ4n) is 1.56. The van der Waals surface area contributed by atoms with Gasteiger partial charge in [-0.2, -0.15) is 8.42 Å². The number of nitrogens with one attached hydrogen (secondary N) is 1. The molecule has 0 saturated heterocycles. The molecule has 0 aliphatic heterocycles. The van der Waals surface area contributed by atoms with E-state index in [-0.39, 0.29) is 5.69 Å². The highest BCUT2D eigenvalue weighted by molar-refractivity contribution is 14.1. The van der Waals surface area contributed by atoms with Crippen molar-refractivity contribution in [1.82, 2.24) is 0 Å². The van der Waals surface area contributed by atoms with Crippen molar-refractivity contribution in [1.29, 1.82) is 0 Å². The summed E-state index contributed by atoms with van der Waals surface area (Å²) in [7, 11) is -4.47. The molecule has 2 N–H and O–H groups in total. The SMILES string of the molecule is O=S(=O)(O)c1ccc(F)cc1Nc1ccc(I)cc1Cl. The Morgan fingerprint density at radius 3 is 2.45 bits per heavy atom. The van der Waals surface area contributed by atoms with Gasteiger partial charge in [-0.3, -0.25) is 4.55 Å². The van der Waals surface area contributed by atoms with Crippen molar-refractivity contribution in [3.8, 4) is 0 Å². The van der Waals surface area contributed by atoms with Gasteiger partial charge in [-0.05, 0) is 59.0 Å². The maximum Gasteiger partial charge on any atom is 0.296 e. The van der Waals surface area contributed by atoms with Crippen LogP contribution in [0.3, 0.4) is 0 Å². The predicted octanol–water partition coefficient (Wildman–Crippen LogP) is 4.07. The lowest BCUT2D eigenvalue weighted by Crippen LogP contribution is -2.04. The highest BCUT2D eigenvalue weighted by Gasteiger charge is 2.17. The van der Waals surface area contributed by atoms with E-state index in [0.717, 1.165) is 21.8 Å². The first kappa shape index (κ1) is 15.5. The van der Waals surface area contributed by atoms with Gasteiger partial charge in [-0.25, -0.2) is 4.39 Å². The topological polar surface area (TPSA) is 66.4 Å². The summed E-state index contributed by atoms with van der Waals surface area (Å²) in [6.45, 7) is 0. The van der Waals surface area contributed by atoms with Gasteiger partial charge in [0.2, 0.25) is 0 Å². The second-order valence-corrected chi connectivity index (χ2v) is 6.91. The summed E-state index contributed by atoms with van der Waals surface area (Å²) in [5, 5.41) is 3.05. The Labute approximate surface area is 133 Å². The van der Waals surface area contributed by atoms with Gasteiger partial charge in [0.05, 0.1) is 16.4 Å². The van der Waals surface area contributed by atoms with Gasteiger partial charge in [-0.15, -0.1) is 0 Å². The monoisotopic (exact) mass is 427 g/mol. The lowest BCUT2D eigenvalue weighted by Gasteiger charge is -2.12. The number of rotatable bonds is 3. The Morgan fingerprint density at radius 1 is 1.15 bits per heavy atom. The van der Waals surface area contributed by atoms with E-state index in [4.69, 9.17) is 16.2 Å². The van der Waals surface area contributed by atoms with Gasteiger partial charge in [0, 0.05) is 3.57 Å². The van der Waals surface area contributed by atoms with Crippen LogP contribution in [-0.4, -0.2) is 13.0 Å². The molecule has 0 amide bonds. The lowest BCUT2D eigenvalue weighted by atomic mass is 10.2. The van der Waals surface area contributed by atoms with Crippen LogP contribution in [-0.2, 0) is 10.1 Å². The zero-order chi connectivity index (χ0) is 14.9. The molecular formula is C12H8ClFINO3S. The van der Waals surface area contributed by atoms with Crippen molar-refractivity contribution in [2.45, 2.75) is 4.90 Å². The molecular weight excluding hydrogens is 420 g/mol. The molecule has 8 heteroatoms. The molecule has 0 saturated carbocycles. The number of halogens is 3. The Morgan fingerprint density at radius 2 is 1.85 bits per heavy atom. The predicted molar refractivity (Wildman–Crippen MR) is 83.7 cm³/mol. The Balaban J connectivity index is 2.50. The number of benzene rings is 2. The summed E-state index contributed by atoms with van der Waals surface area (Å²) in [6, 6.07) is 7.94. The molecule has 106 valence electrons. The van der Waals surface area contributed by atoms with E-state index in [9.17, 15) is 12.8 Å². The summed E-state index contributed by atoms with van der Waals surface area (Å²) in [5.41, 5.74) is 0.318. The quantitative estimate of drug-likeness (QED) is 0.572. The largest absolute Gasteiger partial charge is 0.353 e. The number of hydrogen-bond donors (Lipinski definition) is 2. The van der Waals surface area contributed by atoms with E-state index in [1.54, 1.807) is 18.2 Å². The summed E-state index contributed by atoms with van der Waals surface area (Å²) in [5.74, 6) is -0.637. The van der Waals surface area contributed by atoms with Crippen LogP contribution in [0.5, 0.6) is 0 Å². The molecule has 0 aliphatic carbocycles. The molecule has 0 spiro atoms. The molecule has 4 nitrogen and oxygen atoms in total. The number of anilines is 2. The van der Waals surface area contributed by atoms with Crippen LogP contribution in [0, 0.1) is 9.39 Å². The van der Waals surface area contributed by atoms with E-state index < -0.39 is 20.8 Å². The van der Waals surface area contributed by atoms with E-state index in [1.165, 1.54) is 0 Å².